The van der Waals surface area contributed by atoms with Crippen molar-refractivity contribution in [3.05, 3.63) is 57.2 Å². The van der Waals surface area contributed by atoms with Crippen molar-refractivity contribution in [2.45, 2.75) is 0 Å². The molecular weight excluding hydrogens is 412 g/mol. The largest absolute Gasteiger partial charge is 0.502 e. The summed E-state index contributed by atoms with van der Waals surface area (Å²) in [5.74, 6) is -0.546. The van der Waals surface area contributed by atoms with Gasteiger partial charge in [-0.05, 0) is 24.3 Å². The molecular formula is C21H18O10. The minimum absolute atomic E-state index is 0.0548. The fraction of sp³-hybridized carbons (Fsp3) is 0.143. The third-order valence-corrected chi connectivity index (χ3v) is 4.27. The Morgan fingerprint density at radius 2 is 1.13 bits per heavy atom. The standard InChI is InChI=1S/C11H10O5.C10H8O5/c1-14-7-5-6-3-4-8(12)16-10(6)9(13)11(7)15-2;1-14-6-4-5-2-3-7(11)15-10(5)9(13)8(6)12/h3-5,13H,1-2H3;2-4,12-13H,1H3. The van der Waals surface area contributed by atoms with Gasteiger partial charge in [0.05, 0.1) is 21.3 Å². The zero-order chi connectivity index (χ0) is 22.7. The van der Waals surface area contributed by atoms with Gasteiger partial charge in [0.15, 0.2) is 22.7 Å². The SMILES string of the molecule is COc1cc2ccc(=O)oc2c(O)c1O.COc1cc2ccc(=O)oc2c(O)c1OC. The first kappa shape index (κ1) is 21.4. The molecule has 0 unspecified atom stereocenters. The Kier molecular flexibility index (Phi) is 5.91. The van der Waals surface area contributed by atoms with Gasteiger partial charge in [-0.3, -0.25) is 0 Å². The topological polar surface area (TPSA) is 149 Å². The number of fused-ring (bicyclic) bond motifs is 2. The quantitative estimate of drug-likeness (QED) is 0.327. The van der Waals surface area contributed by atoms with Crippen LogP contribution in [0.25, 0.3) is 21.9 Å². The van der Waals surface area contributed by atoms with Gasteiger partial charge < -0.3 is 38.4 Å². The first-order valence-corrected chi connectivity index (χ1v) is 8.71. The maximum Gasteiger partial charge on any atom is 0.336 e. The average molecular weight is 430 g/mol. The lowest BCUT2D eigenvalue weighted by Crippen LogP contribution is -1.97. The minimum atomic E-state index is -0.595. The molecule has 0 amide bonds. The smallest absolute Gasteiger partial charge is 0.336 e. The van der Waals surface area contributed by atoms with Crippen LogP contribution in [0.2, 0.25) is 0 Å². The number of hydrogen-bond donors (Lipinski definition) is 3. The van der Waals surface area contributed by atoms with E-state index in [2.05, 4.69) is 0 Å². The van der Waals surface area contributed by atoms with Crippen LogP contribution in [-0.4, -0.2) is 36.6 Å². The molecule has 0 bridgehead atoms. The van der Waals surface area contributed by atoms with E-state index in [1.54, 1.807) is 12.1 Å². The number of hydrogen-bond acceptors (Lipinski definition) is 10. The van der Waals surface area contributed by atoms with Gasteiger partial charge in [0, 0.05) is 22.9 Å². The third kappa shape index (κ3) is 4.04. The predicted octanol–water partition coefficient (Wildman–Crippen LogP) is 2.73. The van der Waals surface area contributed by atoms with Crippen molar-refractivity contribution in [1.29, 1.82) is 0 Å². The van der Waals surface area contributed by atoms with Crippen LogP contribution in [0.3, 0.4) is 0 Å². The fourth-order valence-corrected chi connectivity index (χ4v) is 2.82. The second-order valence-corrected chi connectivity index (χ2v) is 6.08. The van der Waals surface area contributed by atoms with E-state index < -0.39 is 22.8 Å². The lowest BCUT2D eigenvalue weighted by Gasteiger charge is -2.10. The van der Waals surface area contributed by atoms with Crippen molar-refractivity contribution >= 4 is 21.9 Å². The van der Waals surface area contributed by atoms with Crippen LogP contribution in [0.5, 0.6) is 34.5 Å². The molecule has 162 valence electrons. The lowest BCUT2D eigenvalue weighted by atomic mass is 10.2. The van der Waals surface area contributed by atoms with E-state index in [1.165, 1.54) is 45.6 Å². The van der Waals surface area contributed by atoms with Crippen molar-refractivity contribution in [3.63, 3.8) is 0 Å². The molecule has 10 nitrogen and oxygen atoms in total. The normalized spacial score (nSPS) is 10.4. The van der Waals surface area contributed by atoms with Gasteiger partial charge in [0.25, 0.3) is 0 Å². The van der Waals surface area contributed by atoms with E-state index in [0.717, 1.165) is 0 Å². The maximum absolute atomic E-state index is 11.0. The van der Waals surface area contributed by atoms with Crippen LogP contribution < -0.4 is 25.5 Å². The van der Waals surface area contributed by atoms with E-state index >= 15 is 0 Å². The average Bonchev–Trinajstić information content (AvgIpc) is 2.77. The zero-order valence-electron chi connectivity index (χ0n) is 16.7. The summed E-state index contributed by atoms with van der Waals surface area (Å²) in [6.07, 6.45) is 0. The highest BCUT2D eigenvalue weighted by molar-refractivity contribution is 5.88. The second-order valence-electron chi connectivity index (χ2n) is 6.08. The molecule has 0 aliphatic carbocycles. The molecule has 0 aliphatic rings. The number of rotatable bonds is 3. The molecule has 2 heterocycles. The van der Waals surface area contributed by atoms with E-state index in [-0.39, 0.29) is 28.4 Å². The second kappa shape index (κ2) is 8.57. The molecule has 0 atom stereocenters. The summed E-state index contributed by atoms with van der Waals surface area (Å²) in [5.41, 5.74) is -1.09. The van der Waals surface area contributed by atoms with Gasteiger partial charge in [-0.1, -0.05) is 0 Å². The van der Waals surface area contributed by atoms with Gasteiger partial charge in [-0.2, -0.15) is 0 Å². The van der Waals surface area contributed by atoms with Gasteiger partial charge in [0.1, 0.15) is 0 Å². The fourth-order valence-electron chi connectivity index (χ4n) is 2.82. The number of phenols is 3. The van der Waals surface area contributed by atoms with Crippen molar-refractivity contribution in [2.24, 2.45) is 0 Å². The van der Waals surface area contributed by atoms with Crippen LogP contribution in [0, 0.1) is 0 Å². The number of phenolic OH excluding ortho intramolecular Hbond substituents is 3. The highest BCUT2D eigenvalue weighted by Gasteiger charge is 2.16. The summed E-state index contributed by atoms with van der Waals surface area (Å²) in [6, 6.07) is 8.60. The Hall–Kier alpha value is -4.34. The third-order valence-electron chi connectivity index (χ3n) is 4.27. The van der Waals surface area contributed by atoms with E-state index in [9.17, 15) is 24.9 Å². The first-order chi connectivity index (χ1) is 14.8. The summed E-state index contributed by atoms with van der Waals surface area (Å²) in [6.45, 7) is 0. The highest BCUT2D eigenvalue weighted by Crippen LogP contribution is 2.42. The Bertz CT molecular complexity index is 1370. The Balaban J connectivity index is 0.000000176. The van der Waals surface area contributed by atoms with Crippen LogP contribution in [-0.2, 0) is 0 Å². The van der Waals surface area contributed by atoms with Gasteiger partial charge in [0.2, 0.25) is 23.0 Å². The van der Waals surface area contributed by atoms with Crippen LogP contribution in [0.4, 0.5) is 0 Å². The molecule has 0 spiro atoms. The Labute approximate surface area is 174 Å². The molecule has 2 aromatic heterocycles. The molecule has 2 aromatic carbocycles. The molecule has 0 radical (unpaired) electrons. The van der Waals surface area contributed by atoms with Crippen LogP contribution >= 0.6 is 0 Å². The zero-order valence-corrected chi connectivity index (χ0v) is 16.7. The monoisotopic (exact) mass is 430 g/mol. The molecule has 3 N–H and O–H groups in total. The summed E-state index contributed by atoms with van der Waals surface area (Å²) >= 11 is 0. The molecule has 0 fully saturated rings. The van der Waals surface area contributed by atoms with E-state index in [1.807, 2.05) is 0 Å². The van der Waals surface area contributed by atoms with Crippen LogP contribution in [0.1, 0.15) is 0 Å². The molecule has 0 saturated carbocycles. The van der Waals surface area contributed by atoms with Crippen molar-refractivity contribution in [2.75, 3.05) is 21.3 Å². The van der Waals surface area contributed by atoms with Crippen molar-refractivity contribution in [3.8, 4) is 34.5 Å². The summed E-state index contributed by atoms with van der Waals surface area (Å²) in [7, 11) is 4.21. The van der Waals surface area contributed by atoms with Crippen molar-refractivity contribution < 1.29 is 38.4 Å². The van der Waals surface area contributed by atoms with Gasteiger partial charge in [-0.15, -0.1) is 0 Å². The Morgan fingerprint density at radius 3 is 1.61 bits per heavy atom. The summed E-state index contributed by atoms with van der Waals surface area (Å²) in [4.78, 5) is 22.0. The predicted molar refractivity (Wildman–Crippen MR) is 110 cm³/mol. The first-order valence-electron chi connectivity index (χ1n) is 8.71. The van der Waals surface area contributed by atoms with E-state index in [4.69, 9.17) is 23.0 Å². The summed E-state index contributed by atoms with van der Waals surface area (Å²) < 4.78 is 24.5. The molecule has 0 saturated heterocycles. The molecule has 0 aliphatic heterocycles. The number of methoxy groups -OCH3 is 3. The molecule has 10 heteroatoms. The van der Waals surface area contributed by atoms with Crippen LogP contribution in [0.15, 0.2) is 54.8 Å². The van der Waals surface area contributed by atoms with E-state index in [0.29, 0.717) is 16.5 Å². The Morgan fingerprint density at radius 1 is 0.645 bits per heavy atom. The number of ether oxygens (including phenoxy) is 3. The summed E-state index contributed by atoms with van der Waals surface area (Å²) in [5, 5.41) is 29.9. The lowest BCUT2D eigenvalue weighted by molar-refractivity contribution is 0.332. The van der Waals surface area contributed by atoms with Gasteiger partial charge >= 0.3 is 11.3 Å². The number of aromatic hydroxyl groups is 3. The maximum atomic E-state index is 11.0. The molecule has 4 rings (SSSR count). The molecule has 4 aromatic rings. The number of benzene rings is 2. The molecule has 31 heavy (non-hydrogen) atoms. The highest BCUT2D eigenvalue weighted by atomic mass is 16.5. The van der Waals surface area contributed by atoms with Gasteiger partial charge in [-0.25, -0.2) is 9.59 Å². The minimum Gasteiger partial charge on any atom is -0.502 e. The van der Waals surface area contributed by atoms with Crippen molar-refractivity contribution in [1.82, 2.24) is 0 Å².